The van der Waals surface area contributed by atoms with E-state index in [2.05, 4.69) is 12.6 Å². The normalized spacial score (nSPS) is 10.1. The Labute approximate surface area is 90.6 Å². The average Bonchev–Trinajstić information content (AvgIpc) is 2.18. The van der Waals surface area contributed by atoms with Crippen LogP contribution >= 0.6 is 12.6 Å². The van der Waals surface area contributed by atoms with E-state index >= 15 is 0 Å². The van der Waals surface area contributed by atoms with E-state index in [1.807, 2.05) is 31.2 Å². The number of rotatable bonds is 6. The summed E-state index contributed by atoms with van der Waals surface area (Å²) in [5.41, 5.74) is 1.21. The molecule has 0 radical (unpaired) electrons. The summed E-state index contributed by atoms with van der Waals surface area (Å²) in [4.78, 5) is 0. The maximum atomic E-state index is 5.48. The molecule has 78 valence electrons. The zero-order valence-electron chi connectivity index (χ0n) is 8.40. The molecule has 0 aliphatic rings. The van der Waals surface area contributed by atoms with Gasteiger partial charge in [0.25, 0.3) is 0 Å². The van der Waals surface area contributed by atoms with Gasteiger partial charge in [-0.25, -0.2) is 0 Å². The van der Waals surface area contributed by atoms with Gasteiger partial charge in [-0.3, -0.25) is 0 Å². The first kappa shape index (κ1) is 11.4. The molecule has 0 saturated heterocycles. The second-order valence-electron chi connectivity index (χ2n) is 3.00. The monoisotopic (exact) mass is 212 g/mol. The van der Waals surface area contributed by atoms with Gasteiger partial charge in [-0.15, -0.1) is 0 Å². The Bertz CT molecular complexity index is 263. The number of thiol groups is 1. The van der Waals surface area contributed by atoms with Crippen LogP contribution in [-0.2, 0) is 4.74 Å². The molecule has 0 atom stereocenters. The lowest BCUT2D eigenvalue weighted by molar-refractivity contribution is 0.112. The minimum Gasteiger partial charge on any atom is -0.491 e. The summed E-state index contributed by atoms with van der Waals surface area (Å²) < 4.78 is 10.7. The number of aryl methyl sites for hydroxylation is 1. The lowest BCUT2D eigenvalue weighted by Gasteiger charge is -2.06. The van der Waals surface area contributed by atoms with Gasteiger partial charge < -0.3 is 9.47 Å². The summed E-state index contributed by atoms with van der Waals surface area (Å²) >= 11 is 4.04. The summed E-state index contributed by atoms with van der Waals surface area (Å²) in [5, 5.41) is 0. The topological polar surface area (TPSA) is 18.5 Å². The fourth-order valence-electron chi connectivity index (χ4n) is 1.09. The Morgan fingerprint density at radius 3 is 2.79 bits per heavy atom. The number of benzene rings is 1. The Hall–Kier alpha value is -0.670. The van der Waals surface area contributed by atoms with Crippen molar-refractivity contribution in [1.82, 2.24) is 0 Å². The third kappa shape index (κ3) is 4.53. The average molecular weight is 212 g/mol. The minimum absolute atomic E-state index is 0.594. The summed E-state index contributed by atoms with van der Waals surface area (Å²) in [5.74, 6) is 1.66. The standard InChI is InChI=1S/C11H16O2S/c1-10-3-2-4-11(9-10)13-6-5-12-7-8-14/h2-4,9,14H,5-8H2,1H3. The largest absolute Gasteiger partial charge is 0.491 e. The van der Waals surface area contributed by atoms with Crippen molar-refractivity contribution in [3.8, 4) is 5.75 Å². The molecule has 1 aromatic carbocycles. The highest BCUT2D eigenvalue weighted by molar-refractivity contribution is 7.80. The second-order valence-corrected chi connectivity index (χ2v) is 3.45. The maximum absolute atomic E-state index is 5.48. The summed E-state index contributed by atoms with van der Waals surface area (Å²) in [7, 11) is 0. The highest BCUT2D eigenvalue weighted by atomic mass is 32.1. The zero-order chi connectivity index (χ0) is 10.2. The highest BCUT2D eigenvalue weighted by Gasteiger charge is 1.93. The van der Waals surface area contributed by atoms with E-state index in [1.165, 1.54) is 5.56 Å². The predicted molar refractivity (Wildman–Crippen MR) is 61.3 cm³/mol. The van der Waals surface area contributed by atoms with Crippen molar-refractivity contribution in [2.24, 2.45) is 0 Å². The molecule has 2 nitrogen and oxygen atoms in total. The zero-order valence-corrected chi connectivity index (χ0v) is 9.30. The lowest BCUT2D eigenvalue weighted by atomic mass is 10.2. The fraction of sp³-hybridized carbons (Fsp3) is 0.455. The van der Waals surface area contributed by atoms with Crippen LogP contribution < -0.4 is 4.74 Å². The van der Waals surface area contributed by atoms with Crippen LogP contribution in [0.15, 0.2) is 24.3 Å². The molecule has 0 bridgehead atoms. The molecule has 3 heteroatoms. The molecular formula is C11H16O2S. The Morgan fingerprint density at radius 1 is 1.21 bits per heavy atom. The van der Waals surface area contributed by atoms with Crippen molar-refractivity contribution >= 4 is 12.6 Å². The van der Waals surface area contributed by atoms with Crippen molar-refractivity contribution in [1.29, 1.82) is 0 Å². The van der Waals surface area contributed by atoms with Gasteiger partial charge in [-0.1, -0.05) is 12.1 Å². The Morgan fingerprint density at radius 2 is 2.07 bits per heavy atom. The van der Waals surface area contributed by atoms with E-state index in [-0.39, 0.29) is 0 Å². The Kier molecular flexibility index (Phi) is 5.49. The molecule has 0 unspecified atom stereocenters. The van der Waals surface area contributed by atoms with Gasteiger partial charge in [0, 0.05) is 5.75 Å². The first-order valence-corrected chi connectivity index (χ1v) is 5.34. The highest BCUT2D eigenvalue weighted by Crippen LogP contribution is 2.11. The quantitative estimate of drug-likeness (QED) is 0.576. The van der Waals surface area contributed by atoms with E-state index in [0.717, 1.165) is 11.5 Å². The Balaban J connectivity index is 2.18. The molecule has 0 aliphatic heterocycles. The number of hydrogen-bond donors (Lipinski definition) is 1. The second kappa shape index (κ2) is 6.74. The van der Waals surface area contributed by atoms with Gasteiger partial charge in [0.15, 0.2) is 0 Å². The van der Waals surface area contributed by atoms with Crippen LogP contribution in [0.4, 0.5) is 0 Å². The van der Waals surface area contributed by atoms with Gasteiger partial charge in [-0.2, -0.15) is 12.6 Å². The number of ether oxygens (including phenoxy) is 2. The van der Waals surface area contributed by atoms with Gasteiger partial charge in [0.2, 0.25) is 0 Å². The van der Waals surface area contributed by atoms with Gasteiger partial charge in [-0.05, 0) is 24.6 Å². The van der Waals surface area contributed by atoms with Crippen LogP contribution in [0.5, 0.6) is 5.75 Å². The van der Waals surface area contributed by atoms with E-state index in [9.17, 15) is 0 Å². The van der Waals surface area contributed by atoms with Crippen LogP contribution in [0.25, 0.3) is 0 Å². The summed E-state index contributed by atoms with van der Waals surface area (Å²) in [6, 6.07) is 7.99. The molecule has 0 heterocycles. The van der Waals surface area contributed by atoms with Crippen LogP contribution in [0.1, 0.15) is 5.56 Å². The van der Waals surface area contributed by atoms with Gasteiger partial charge in [0.05, 0.1) is 13.2 Å². The molecule has 0 aromatic heterocycles. The van der Waals surface area contributed by atoms with Crippen LogP contribution in [0, 0.1) is 6.92 Å². The molecule has 1 rings (SSSR count). The third-order valence-corrected chi connectivity index (χ3v) is 1.90. The molecule has 1 aromatic rings. The molecular weight excluding hydrogens is 196 g/mol. The molecule has 0 N–H and O–H groups in total. The van der Waals surface area contributed by atoms with Crippen LogP contribution in [0.3, 0.4) is 0 Å². The molecule has 0 saturated carbocycles. The molecule has 14 heavy (non-hydrogen) atoms. The van der Waals surface area contributed by atoms with Crippen LogP contribution in [-0.4, -0.2) is 25.6 Å². The predicted octanol–water partition coefficient (Wildman–Crippen LogP) is 2.32. The van der Waals surface area contributed by atoms with E-state index in [1.54, 1.807) is 0 Å². The number of hydrogen-bond acceptors (Lipinski definition) is 3. The van der Waals surface area contributed by atoms with E-state index in [0.29, 0.717) is 19.8 Å². The smallest absolute Gasteiger partial charge is 0.119 e. The fourth-order valence-corrected chi connectivity index (χ4v) is 1.22. The van der Waals surface area contributed by atoms with Crippen LogP contribution in [0.2, 0.25) is 0 Å². The third-order valence-electron chi connectivity index (χ3n) is 1.72. The SMILES string of the molecule is Cc1cccc(OCCOCCS)c1. The lowest BCUT2D eigenvalue weighted by Crippen LogP contribution is -2.07. The maximum Gasteiger partial charge on any atom is 0.119 e. The van der Waals surface area contributed by atoms with Crippen molar-refractivity contribution in [2.75, 3.05) is 25.6 Å². The molecule has 0 spiro atoms. The van der Waals surface area contributed by atoms with Crippen molar-refractivity contribution in [3.63, 3.8) is 0 Å². The van der Waals surface area contributed by atoms with Crippen molar-refractivity contribution in [3.05, 3.63) is 29.8 Å². The molecule has 0 aliphatic carbocycles. The van der Waals surface area contributed by atoms with Crippen molar-refractivity contribution < 1.29 is 9.47 Å². The van der Waals surface area contributed by atoms with Crippen molar-refractivity contribution in [2.45, 2.75) is 6.92 Å². The van der Waals surface area contributed by atoms with E-state index in [4.69, 9.17) is 9.47 Å². The van der Waals surface area contributed by atoms with Gasteiger partial charge >= 0.3 is 0 Å². The van der Waals surface area contributed by atoms with E-state index < -0.39 is 0 Å². The molecule has 0 amide bonds. The van der Waals surface area contributed by atoms with Gasteiger partial charge in [0.1, 0.15) is 12.4 Å². The minimum atomic E-state index is 0.594. The summed E-state index contributed by atoms with van der Waals surface area (Å²) in [6.07, 6.45) is 0. The first-order chi connectivity index (χ1) is 6.83. The first-order valence-electron chi connectivity index (χ1n) is 4.71. The molecule has 0 fully saturated rings. The summed E-state index contributed by atoms with van der Waals surface area (Å²) in [6.45, 7) is 3.94.